The van der Waals surface area contributed by atoms with Gasteiger partial charge in [0.2, 0.25) is 0 Å². The van der Waals surface area contributed by atoms with E-state index in [0.29, 0.717) is 18.7 Å². The molecule has 2 unspecified atom stereocenters. The molecule has 1 heterocycles. The maximum absolute atomic E-state index is 12.4. The Morgan fingerprint density at radius 2 is 1.90 bits per heavy atom. The third-order valence-corrected chi connectivity index (χ3v) is 3.80. The highest BCUT2D eigenvalue weighted by Crippen LogP contribution is 2.26. The van der Waals surface area contributed by atoms with E-state index in [2.05, 4.69) is 0 Å². The first-order valence-electron chi connectivity index (χ1n) is 6.26. The maximum atomic E-state index is 12.4. The average Bonchev–Trinajstić information content (AvgIpc) is 2.89. The zero-order valence-corrected chi connectivity index (χ0v) is 12.4. The van der Waals surface area contributed by atoms with E-state index in [1.54, 1.807) is 19.1 Å². The number of amides is 1. The lowest BCUT2D eigenvalue weighted by molar-refractivity contribution is -0.384. The van der Waals surface area contributed by atoms with Gasteiger partial charge in [0, 0.05) is 38.9 Å². The molecule has 7 nitrogen and oxygen atoms in total. The van der Waals surface area contributed by atoms with Gasteiger partial charge in [0.15, 0.2) is 0 Å². The van der Waals surface area contributed by atoms with Crippen LogP contribution >= 0.6 is 11.6 Å². The Morgan fingerprint density at radius 3 is 2.33 bits per heavy atom. The molecule has 2 rings (SSSR count). The molecular weight excluding hydrogens is 300 g/mol. The highest BCUT2D eigenvalue weighted by atomic mass is 35.5. The van der Waals surface area contributed by atoms with E-state index in [4.69, 9.17) is 21.1 Å². The van der Waals surface area contributed by atoms with Crippen LogP contribution in [0.3, 0.4) is 0 Å². The van der Waals surface area contributed by atoms with Gasteiger partial charge in [0.05, 0.1) is 4.92 Å². The van der Waals surface area contributed by atoms with Crippen LogP contribution in [0.1, 0.15) is 10.4 Å². The Labute approximate surface area is 126 Å². The minimum Gasteiger partial charge on any atom is -0.377 e. The van der Waals surface area contributed by atoms with Crippen LogP contribution in [0.5, 0.6) is 0 Å². The zero-order valence-electron chi connectivity index (χ0n) is 11.6. The highest BCUT2D eigenvalue weighted by Gasteiger charge is 2.36. The van der Waals surface area contributed by atoms with Crippen molar-refractivity contribution in [2.45, 2.75) is 12.2 Å². The number of ether oxygens (including phenoxy) is 2. The lowest BCUT2D eigenvalue weighted by Gasteiger charge is -2.15. The number of benzene rings is 1. The second kappa shape index (κ2) is 6.38. The average molecular weight is 315 g/mol. The van der Waals surface area contributed by atoms with Crippen molar-refractivity contribution in [3.63, 3.8) is 0 Å². The number of nitrogens with zero attached hydrogens (tertiary/aromatic N) is 2. The van der Waals surface area contributed by atoms with E-state index in [1.807, 2.05) is 0 Å². The van der Waals surface area contributed by atoms with Crippen LogP contribution < -0.4 is 0 Å². The maximum Gasteiger partial charge on any atom is 0.287 e. The van der Waals surface area contributed by atoms with Gasteiger partial charge in [-0.1, -0.05) is 11.6 Å². The molecule has 1 aromatic carbocycles. The quantitative estimate of drug-likeness (QED) is 0.624. The summed E-state index contributed by atoms with van der Waals surface area (Å²) >= 11 is 5.83. The zero-order chi connectivity index (χ0) is 15.6. The van der Waals surface area contributed by atoms with Crippen LogP contribution in [0.2, 0.25) is 5.02 Å². The SMILES string of the molecule is COC1CN(C(=O)c2ccc([N+](=O)[O-])c(Cl)c2)CC1OC. The molecule has 1 amide bonds. The fourth-order valence-corrected chi connectivity index (χ4v) is 2.58. The van der Waals surface area contributed by atoms with E-state index in [-0.39, 0.29) is 28.8 Å². The monoisotopic (exact) mass is 314 g/mol. The van der Waals surface area contributed by atoms with Crippen molar-refractivity contribution in [2.75, 3.05) is 27.3 Å². The lowest BCUT2D eigenvalue weighted by Crippen LogP contribution is -2.30. The summed E-state index contributed by atoms with van der Waals surface area (Å²) in [6, 6.07) is 3.94. The normalized spacial score (nSPS) is 21.6. The number of halogens is 1. The summed E-state index contributed by atoms with van der Waals surface area (Å²) in [7, 11) is 3.13. The van der Waals surface area contributed by atoms with Gasteiger partial charge in [0.25, 0.3) is 11.6 Å². The summed E-state index contributed by atoms with van der Waals surface area (Å²) in [5.41, 5.74) is 0.0800. The smallest absolute Gasteiger partial charge is 0.287 e. The Hall–Kier alpha value is -1.70. The first-order valence-corrected chi connectivity index (χ1v) is 6.64. The molecule has 114 valence electrons. The van der Waals surface area contributed by atoms with Crippen molar-refractivity contribution >= 4 is 23.2 Å². The summed E-state index contributed by atoms with van der Waals surface area (Å²) < 4.78 is 10.5. The number of nitro benzene ring substituents is 1. The largest absolute Gasteiger partial charge is 0.377 e. The van der Waals surface area contributed by atoms with Crippen LogP contribution in [-0.4, -0.2) is 55.2 Å². The van der Waals surface area contributed by atoms with Crippen LogP contribution in [0.25, 0.3) is 0 Å². The van der Waals surface area contributed by atoms with E-state index >= 15 is 0 Å². The first-order chi connectivity index (χ1) is 9.97. The van der Waals surface area contributed by atoms with Crippen molar-refractivity contribution in [1.82, 2.24) is 4.90 Å². The van der Waals surface area contributed by atoms with Gasteiger partial charge in [0.1, 0.15) is 17.2 Å². The molecule has 1 saturated heterocycles. The second-order valence-electron chi connectivity index (χ2n) is 4.68. The predicted octanol–water partition coefficient (Wildman–Crippen LogP) is 1.73. The van der Waals surface area contributed by atoms with Crippen LogP contribution in [0.15, 0.2) is 18.2 Å². The molecule has 1 aromatic rings. The molecule has 1 fully saturated rings. The van der Waals surface area contributed by atoms with Crippen molar-refractivity contribution < 1.29 is 19.2 Å². The predicted molar refractivity (Wildman–Crippen MR) is 75.6 cm³/mol. The summed E-state index contributed by atoms with van der Waals surface area (Å²) in [6.45, 7) is 0.810. The number of rotatable bonds is 4. The van der Waals surface area contributed by atoms with Crippen molar-refractivity contribution in [2.24, 2.45) is 0 Å². The number of carbonyl (C=O) groups is 1. The Kier molecular flexibility index (Phi) is 4.76. The minimum absolute atomic E-state index is 0.0587. The van der Waals surface area contributed by atoms with Crippen LogP contribution in [0.4, 0.5) is 5.69 Å². The Morgan fingerprint density at radius 1 is 1.33 bits per heavy atom. The third-order valence-electron chi connectivity index (χ3n) is 3.50. The summed E-state index contributed by atoms with van der Waals surface area (Å²) in [6.07, 6.45) is -0.375. The number of hydrogen-bond acceptors (Lipinski definition) is 5. The number of carbonyl (C=O) groups excluding carboxylic acids is 1. The van der Waals surface area contributed by atoms with Gasteiger partial charge < -0.3 is 14.4 Å². The number of likely N-dealkylation sites (tertiary alicyclic amines) is 1. The minimum atomic E-state index is -0.589. The highest BCUT2D eigenvalue weighted by molar-refractivity contribution is 6.33. The second-order valence-corrected chi connectivity index (χ2v) is 5.09. The molecule has 0 saturated carbocycles. The number of methoxy groups -OCH3 is 2. The fraction of sp³-hybridized carbons (Fsp3) is 0.462. The molecule has 0 radical (unpaired) electrons. The molecule has 2 atom stereocenters. The van der Waals surface area contributed by atoms with Gasteiger partial charge >= 0.3 is 0 Å². The molecule has 1 aliphatic heterocycles. The summed E-state index contributed by atoms with van der Waals surface area (Å²) in [5, 5.41) is 10.7. The molecule has 1 aliphatic rings. The molecule has 8 heteroatoms. The molecule has 21 heavy (non-hydrogen) atoms. The first kappa shape index (κ1) is 15.7. The van der Waals surface area contributed by atoms with Crippen LogP contribution in [0, 0.1) is 10.1 Å². The fourth-order valence-electron chi connectivity index (χ4n) is 2.33. The van der Waals surface area contributed by atoms with Gasteiger partial charge in [-0.3, -0.25) is 14.9 Å². The van der Waals surface area contributed by atoms with E-state index in [9.17, 15) is 14.9 Å². The molecule has 0 spiro atoms. The number of hydrogen-bond donors (Lipinski definition) is 0. The Bertz CT molecular complexity index is 553. The molecular formula is C13H15ClN2O5. The van der Waals surface area contributed by atoms with Gasteiger partial charge in [-0.2, -0.15) is 0 Å². The van der Waals surface area contributed by atoms with Gasteiger partial charge in [-0.25, -0.2) is 0 Å². The van der Waals surface area contributed by atoms with E-state index < -0.39 is 4.92 Å². The standard InChI is InChI=1S/C13H15ClN2O5/c1-20-11-6-15(7-12(11)21-2)13(17)8-3-4-10(16(18)19)9(14)5-8/h3-5,11-12H,6-7H2,1-2H3. The van der Waals surface area contributed by atoms with Crippen molar-refractivity contribution in [3.05, 3.63) is 38.9 Å². The third kappa shape index (κ3) is 3.15. The topological polar surface area (TPSA) is 81.9 Å². The van der Waals surface area contributed by atoms with Gasteiger partial charge in [-0.05, 0) is 12.1 Å². The molecule has 0 bridgehead atoms. The van der Waals surface area contributed by atoms with E-state index in [1.165, 1.54) is 18.2 Å². The summed E-state index contributed by atoms with van der Waals surface area (Å²) in [5.74, 6) is -0.256. The Balaban J connectivity index is 2.18. The summed E-state index contributed by atoms with van der Waals surface area (Å²) in [4.78, 5) is 24.1. The molecule has 0 N–H and O–H groups in total. The molecule has 0 aliphatic carbocycles. The van der Waals surface area contributed by atoms with E-state index in [0.717, 1.165) is 0 Å². The van der Waals surface area contributed by atoms with Crippen molar-refractivity contribution in [3.8, 4) is 0 Å². The lowest BCUT2D eigenvalue weighted by atomic mass is 10.2. The van der Waals surface area contributed by atoms with Crippen molar-refractivity contribution in [1.29, 1.82) is 0 Å². The van der Waals surface area contributed by atoms with Gasteiger partial charge in [-0.15, -0.1) is 0 Å². The number of nitro groups is 1. The van der Waals surface area contributed by atoms with Crippen LogP contribution in [-0.2, 0) is 9.47 Å². The molecule has 0 aromatic heterocycles.